The average molecular weight is 334 g/mol. The molecule has 0 bridgehead atoms. The van der Waals surface area contributed by atoms with Gasteiger partial charge in [0, 0.05) is 19.5 Å². The minimum atomic E-state index is -1.04. The number of amides is 2. The van der Waals surface area contributed by atoms with Crippen molar-refractivity contribution in [2.24, 2.45) is 0 Å². The van der Waals surface area contributed by atoms with Crippen molar-refractivity contribution in [3.05, 3.63) is 24.3 Å². The van der Waals surface area contributed by atoms with Crippen molar-refractivity contribution in [1.29, 1.82) is 0 Å². The highest BCUT2D eigenvalue weighted by Crippen LogP contribution is 2.33. The number of carbonyl (C=O) groups is 3. The lowest BCUT2D eigenvalue weighted by molar-refractivity contribution is -0.144. The number of fused-ring (bicyclic) bond motifs is 1. The highest BCUT2D eigenvalue weighted by atomic mass is 16.5. The molecule has 0 aromatic heterocycles. The number of nitrogens with zero attached hydrogens (tertiary/aromatic N) is 2. The van der Waals surface area contributed by atoms with Crippen molar-refractivity contribution in [3.63, 3.8) is 0 Å². The first-order valence-electron chi connectivity index (χ1n) is 8.00. The standard InChI is InChI=1S/C17H22N2O5/c1-3-9-18(11-16(21)22)15(20)8-10-19-13-6-4-5-7-14(13)24-12(2)17(19)23/h4-7,12H,3,8-11H2,1-2H3,(H,21,22). The molecule has 24 heavy (non-hydrogen) atoms. The second-order valence-electron chi connectivity index (χ2n) is 5.68. The SMILES string of the molecule is CCCN(CC(=O)O)C(=O)CCN1C(=O)C(C)Oc2ccccc21. The Morgan fingerprint density at radius 2 is 2.04 bits per heavy atom. The summed E-state index contributed by atoms with van der Waals surface area (Å²) in [5, 5.41) is 8.91. The predicted molar refractivity (Wildman–Crippen MR) is 88.0 cm³/mol. The number of aliphatic carboxylic acids is 1. The van der Waals surface area contributed by atoms with Gasteiger partial charge in [-0.3, -0.25) is 14.4 Å². The third-order valence-electron chi connectivity index (χ3n) is 3.80. The summed E-state index contributed by atoms with van der Waals surface area (Å²) in [4.78, 5) is 38.4. The quantitative estimate of drug-likeness (QED) is 0.817. The maximum atomic E-state index is 12.4. The van der Waals surface area contributed by atoms with E-state index < -0.39 is 12.1 Å². The molecule has 0 saturated carbocycles. The van der Waals surface area contributed by atoms with Crippen LogP contribution in [0, 0.1) is 0 Å². The summed E-state index contributed by atoms with van der Waals surface area (Å²) in [5.74, 6) is -0.920. The number of benzene rings is 1. The molecule has 1 unspecified atom stereocenters. The minimum Gasteiger partial charge on any atom is -0.480 e. The fraction of sp³-hybridized carbons (Fsp3) is 0.471. The zero-order valence-corrected chi connectivity index (χ0v) is 13.9. The smallest absolute Gasteiger partial charge is 0.323 e. The molecule has 2 rings (SSSR count). The maximum Gasteiger partial charge on any atom is 0.323 e. The van der Waals surface area contributed by atoms with Gasteiger partial charge in [-0.2, -0.15) is 0 Å². The molecule has 0 aliphatic carbocycles. The van der Waals surface area contributed by atoms with E-state index in [9.17, 15) is 14.4 Å². The van der Waals surface area contributed by atoms with Crippen LogP contribution in [0.15, 0.2) is 24.3 Å². The molecular weight excluding hydrogens is 312 g/mol. The van der Waals surface area contributed by atoms with Gasteiger partial charge in [-0.25, -0.2) is 0 Å². The molecule has 1 heterocycles. The summed E-state index contributed by atoms with van der Waals surface area (Å²) in [5.41, 5.74) is 0.633. The number of rotatable bonds is 7. The number of anilines is 1. The van der Waals surface area contributed by atoms with Gasteiger partial charge in [-0.1, -0.05) is 19.1 Å². The first kappa shape index (κ1) is 17.8. The Bertz CT molecular complexity index is 631. The van der Waals surface area contributed by atoms with E-state index in [2.05, 4.69) is 0 Å². The third kappa shape index (κ3) is 4.04. The largest absolute Gasteiger partial charge is 0.480 e. The summed E-state index contributed by atoms with van der Waals surface area (Å²) in [6.07, 6.45) is 0.135. The maximum absolute atomic E-state index is 12.4. The number of carbonyl (C=O) groups excluding carboxylic acids is 2. The van der Waals surface area contributed by atoms with Crippen LogP contribution in [0.4, 0.5) is 5.69 Å². The molecule has 0 spiro atoms. The van der Waals surface area contributed by atoms with Crippen molar-refractivity contribution in [2.45, 2.75) is 32.8 Å². The topological polar surface area (TPSA) is 87.2 Å². The van der Waals surface area contributed by atoms with Crippen LogP contribution in [0.25, 0.3) is 0 Å². The molecule has 1 aromatic rings. The average Bonchev–Trinajstić information content (AvgIpc) is 2.54. The van der Waals surface area contributed by atoms with E-state index in [0.29, 0.717) is 24.4 Å². The molecule has 130 valence electrons. The van der Waals surface area contributed by atoms with Crippen molar-refractivity contribution in [2.75, 3.05) is 24.5 Å². The van der Waals surface area contributed by atoms with Crippen LogP contribution in [0.1, 0.15) is 26.7 Å². The van der Waals surface area contributed by atoms with Crippen LogP contribution < -0.4 is 9.64 Å². The van der Waals surface area contributed by atoms with Gasteiger partial charge >= 0.3 is 5.97 Å². The normalized spacial score (nSPS) is 16.3. The van der Waals surface area contributed by atoms with Crippen molar-refractivity contribution in [1.82, 2.24) is 4.90 Å². The van der Waals surface area contributed by atoms with Gasteiger partial charge in [0.15, 0.2) is 6.10 Å². The summed E-state index contributed by atoms with van der Waals surface area (Å²) >= 11 is 0. The molecular formula is C17H22N2O5. The lowest BCUT2D eigenvalue weighted by Gasteiger charge is -2.33. The van der Waals surface area contributed by atoms with E-state index >= 15 is 0 Å². The van der Waals surface area contributed by atoms with Gasteiger partial charge in [0.2, 0.25) is 5.91 Å². The molecule has 1 aromatic carbocycles. The van der Waals surface area contributed by atoms with Crippen molar-refractivity contribution < 1.29 is 24.2 Å². The highest BCUT2D eigenvalue weighted by molar-refractivity contribution is 6.00. The van der Waals surface area contributed by atoms with Gasteiger partial charge in [-0.05, 0) is 25.5 Å². The molecule has 1 aliphatic rings. The molecule has 1 N–H and O–H groups in total. The van der Waals surface area contributed by atoms with Gasteiger partial charge in [0.05, 0.1) is 5.69 Å². The van der Waals surface area contributed by atoms with Crippen LogP contribution in [-0.4, -0.2) is 53.5 Å². The van der Waals surface area contributed by atoms with E-state index in [4.69, 9.17) is 9.84 Å². The van der Waals surface area contributed by atoms with Gasteiger partial charge in [0.1, 0.15) is 12.3 Å². The zero-order valence-electron chi connectivity index (χ0n) is 13.9. The number of carboxylic acids is 1. The van der Waals surface area contributed by atoms with E-state index in [1.807, 2.05) is 13.0 Å². The lowest BCUT2D eigenvalue weighted by atomic mass is 10.1. The Hall–Kier alpha value is -2.57. The predicted octanol–water partition coefficient (Wildman–Crippen LogP) is 1.51. The van der Waals surface area contributed by atoms with Crippen LogP contribution in [-0.2, 0) is 14.4 Å². The van der Waals surface area contributed by atoms with Crippen LogP contribution in [0.2, 0.25) is 0 Å². The second kappa shape index (κ2) is 7.81. The summed E-state index contributed by atoms with van der Waals surface area (Å²) in [7, 11) is 0. The number of hydrogen-bond acceptors (Lipinski definition) is 4. The summed E-state index contributed by atoms with van der Waals surface area (Å²) in [6, 6.07) is 7.17. The first-order valence-corrected chi connectivity index (χ1v) is 8.00. The minimum absolute atomic E-state index is 0.0695. The third-order valence-corrected chi connectivity index (χ3v) is 3.80. The van der Waals surface area contributed by atoms with E-state index in [1.54, 1.807) is 25.1 Å². The molecule has 7 nitrogen and oxygen atoms in total. The van der Waals surface area contributed by atoms with Crippen molar-refractivity contribution in [3.8, 4) is 5.75 Å². The second-order valence-corrected chi connectivity index (χ2v) is 5.68. The monoisotopic (exact) mass is 334 g/mol. The van der Waals surface area contributed by atoms with Gasteiger partial charge < -0.3 is 19.6 Å². The Kier molecular flexibility index (Phi) is 5.78. The Morgan fingerprint density at radius 3 is 2.71 bits per heavy atom. The Balaban J connectivity index is 2.08. The van der Waals surface area contributed by atoms with E-state index in [-0.39, 0.29) is 31.3 Å². The molecule has 1 atom stereocenters. The van der Waals surface area contributed by atoms with Gasteiger partial charge in [0.25, 0.3) is 5.91 Å². The number of carboxylic acid groups (broad SMARTS) is 1. The summed E-state index contributed by atoms with van der Waals surface area (Å²) in [6.45, 7) is 3.81. The Morgan fingerprint density at radius 1 is 1.33 bits per heavy atom. The van der Waals surface area contributed by atoms with Gasteiger partial charge in [-0.15, -0.1) is 0 Å². The van der Waals surface area contributed by atoms with E-state index in [0.717, 1.165) is 0 Å². The molecule has 7 heteroatoms. The number of ether oxygens (including phenoxy) is 1. The summed E-state index contributed by atoms with van der Waals surface area (Å²) < 4.78 is 5.56. The molecule has 0 fully saturated rings. The molecule has 0 radical (unpaired) electrons. The molecule has 0 saturated heterocycles. The fourth-order valence-electron chi connectivity index (χ4n) is 2.68. The van der Waals surface area contributed by atoms with Crippen LogP contribution in [0.5, 0.6) is 5.75 Å². The highest BCUT2D eigenvalue weighted by Gasteiger charge is 2.31. The van der Waals surface area contributed by atoms with Crippen LogP contribution in [0.3, 0.4) is 0 Å². The van der Waals surface area contributed by atoms with Crippen LogP contribution >= 0.6 is 0 Å². The Labute approximate surface area is 140 Å². The fourth-order valence-corrected chi connectivity index (χ4v) is 2.68. The number of hydrogen-bond donors (Lipinski definition) is 1. The number of para-hydroxylation sites is 2. The lowest BCUT2D eigenvalue weighted by Crippen LogP contribution is -2.46. The zero-order chi connectivity index (χ0) is 17.7. The van der Waals surface area contributed by atoms with E-state index in [1.165, 1.54) is 9.80 Å². The first-order chi connectivity index (χ1) is 11.4. The van der Waals surface area contributed by atoms with Crippen molar-refractivity contribution >= 4 is 23.5 Å². The molecule has 1 aliphatic heterocycles. The molecule has 2 amide bonds.